The van der Waals surface area contributed by atoms with Gasteiger partial charge in [0.15, 0.2) is 34.8 Å². The van der Waals surface area contributed by atoms with Crippen LogP contribution in [0.2, 0.25) is 0 Å². The van der Waals surface area contributed by atoms with E-state index in [4.69, 9.17) is 0 Å². The van der Waals surface area contributed by atoms with Crippen molar-refractivity contribution >= 4 is 17.5 Å². The molecule has 2 amide bonds. The van der Waals surface area contributed by atoms with Crippen LogP contribution in [0.25, 0.3) is 16.9 Å². The molecular weight excluding hydrogens is 557 g/mol. The lowest BCUT2D eigenvalue weighted by Gasteiger charge is -2.45. The molecule has 216 valence electrons. The van der Waals surface area contributed by atoms with Gasteiger partial charge in [-0.05, 0) is 41.7 Å². The van der Waals surface area contributed by atoms with E-state index in [1.807, 2.05) is 13.8 Å². The Hall–Kier alpha value is -4.61. The van der Waals surface area contributed by atoms with Gasteiger partial charge in [0.1, 0.15) is 0 Å². The molecule has 1 fully saturated rings. The van der Waals surface area contributed by atoms with Crippen molar-refractivity contribution in [1.29, 1.82) is 0 Å². The minimum Gasteiger partial charge on any atom is -0.337 e. The number of rotatable bonds is 4. The molecule has 12 heteroatoms. The maximum Gasteiger partial charge on any atom is 0.274 e. The van der Waals surface area contributed by atoms with Crippen molar-refractivity contribution in [2.24, 2.45) is 11.8 Å². The first kappa shape index (κ1) is 27.6. The van der Waals surface area contributed by atoms with Crippen molar-refractivity contribution in [1.82, 2.24) is 19.7 Å². The monoisotopic (exact) mass is 581 g/mol. The van der Waals surface area contributed by atoms with Crippen LogP contribution in [-0.2, 0) is 11.2 Å². The van der Waals surface area contributed by atoms with Crippen LogP contribution in [0.1, 0.15) is 29.9 Å². The molecule has 2 unspecified atom stereocenters. The van der Waals surface area contributed by atoms with Crippen LogP contribution in [0.4, 0.5) is 27.6 Å². The van der Waals surface area contributed by atoms with Crippen molar-refractivity contribution in [3.05, 3.63) is 95.2 Å². The number of carbonyl (C=O) groups is 2. The number of carbonyl (C=O) groups excluding carboxylic acids is 2. The third-order valence-corrected chi connectivity index (χ3v) is 7.87. The van der Waals surface area contributed by atoms with Crippen molar-refractivity contribution in [3.8, 4) is 16.9 Å². The fourth-order valence-corrected chi connectivity index (χ4v) is 6.12. The summed E-state index contributed by atoms with van der Waals surface area (Å²) in [5, 5.41) is 4.34. The molecule has 2 aliphatic rings. The molecular formula is C30H24F5N5O2. The molecule has 4 heterocycles. The molecule has 2 atom stereocenters. The van der Waals surface area contributed by atoms with Crippen molar-refractivity contribution in [3.63, 3.8) is 0 Å². The number of aromatic nitrogens is 3. The first-order valence-electron chi connectivity index (χ1n) is 13.3. The highest BCUT2D eigenvalue weighted by Crippen LogP contribution is 2.40. The molecule has 0 spiro atoms. The summed E-state index contributed by atoms with van der Waals surface area (Å²) in [4.78, 5) is 33.6. The maximum atomic E-state index is 14.8. The number of piperidine rings is 1. The third-order valence-electron chi connectivity index (χ3n) is 7.87. The van der Waals surface area contributed by atoms with Crippen molar-refractivity contribution in [2.45, 2.75) is 26.3 Å². The Morgan fingerprint density at radius 3 is 2.24 bits per heavy atom. The number of anilines is 1. The van der Waals surface area contributed by atoms with E-state index in [0.717, 1.165) is 22.9 Å². The van der Waals surface area contributed by atoms with Crippen LogP contribution < -0.4 is 4.90 Å². The van der Waals surface area contributed by atoms with Gasteiger partial charge in [0.05, 0.1) is 23.5 Å². The highest BCUT2D eigenvalue weighted by atomic mass is 19.2. The Morgan fingerprint density at radius 1 is 0.905 bits per heavy atom. The summed E-state index contributed by atoms with van der Waals surface area (Å²) in [6.45, 7) is 4.01. The molecule has 42 heavy (non-hydrogen) atoms. The van der Waals surface area contributed by atoms with Gasteiger partial charge in [-0.2, -0.15) is 5.10 Å². The molecule has 6 rings (SSSR count). The second kappa shape index (κ2) is 10.3. The number of benzene rings is 2. The number of hydrogen-bond donors (Lipinski definition) is 0. The van der Waals surface area contributed by atoms with Crippen LogP contribution >= 0.6 is 0 Å². The van der Waals surface area contributed by atoms with Crippen LogP contribution in [0, 0.1) is 40.9 Å². The predicted octanol–water partition coefficient (Wildman–Crippen LogP) is 5.32. The van der Waals surface area contributed by atoms with E-state index in [1.54, 1.807) is 17.0 Å². The number of halogens is 5. The molecule has 1 saturated heterocycles. The molecule has 0 aliphatic carbocycles. The van der Waals surface area contributed by atoms with E-state index in [0.29, 0.717) is 16.8 Å². The van der Waals surface area contributed by atoms with Crippen molar-refractivity contribution < 1.29 is 31.5 Å². The standard InChI is InChI=1S/C30H24F5N5O2/c1-15-13-38(14-16(2)28(15)39-25(41)8-17-5-6-20(31)27(35)29(17)39)30(42)23-11-24(18-4-3-7-36-12-18)40(37-23)19-9-21(32)26(34)22(33)10-19/h3-7,9-12,15-16,28H,8,13-14H2,1-2H3. The molecule has 4 aromatic rings. The van der Waals surface area contributed by atoms with Gasteiger partial charge >= 0.3 is 0 Å². The average Bonchev–Trinajstić information content (AvgIpc) is 3.55. The summed E-state index contributed by atoms with van der Waals surface area (Å²) in [7, 11) is 0. The van der Waals surface area contributed by atoms with Gasteiger partial charge in [-0.1, -0.05) is 19.9 Å². The molecule has 0 bridgehead atoms. The average molecular weight is 582 g/mol. The molecule has 0 N–H and O–H groups in total. The second-order valence-electron chi connectivity index (χ2n) is 10.8. The van der Waals surface area contributed by atoms with Gasteiger partial charge < -0.3 is 9.80 Å². The van der Waals surface area contributed by atoms with Gasteiger partial charge in [-0.3, -0.25) is 14.6 Å². The third kappa shape index (κ3) is 4.50. The zero-order valence-corrected chi connectivity index (χ0v) is 22.5. The summed E-state index contributed by atoms with van der Waals surface area (Å²) >= 11 is 0. The minimum absolute atomic E-state index is 0.0347. The SMILES string of the molecule is CC1CN(C(=O)c2cc(-c3cccnc3)n(-c3cc(F)c(F)c(F)c3)n2)CC(C)C1N1C(=O)Cc2ccc(F)c(F)c21. The highest BCUT2D eigenvalue weighted by molar-refractivity contribution is 6.02. The zero-order valence-electron chi connectivity index (χ0n) is 22.5. The molecule has 2 aromatic heterocycles. The van der Waals surface area contributed by atoms with Crippen LogP contribution in [-0.4, -0.2) is 50.6 Å². The Bertz CT molecular complexity index is 1690. The fourth-order valence-electron chi connectivity index (χ4n) is 6.12. The zero-order chi connectivity index (χ0) is 29.9. The lowest BCUT2D eigenvalue weighted by molar-refractivity contribution is -0.118. The Morgan fingerprint density at radius 2 is 1.60 bits per heavy atom. The first-order valence-corrected chi connectivity index (χ1v) is 13.3. The van der Waals surface area contributed by atoms with Crippen LogP contribution in [0.15, 0.2) is 54.9 Å². The lowest BCUT2D eigenvalue weighted by atomic mass is 9.84. The smallest absolute Gasteiger partial charge is 0.274 e. The van der Waals surface area contributed by atoms with Gasteiger partial charge in [0.2, 0.25) is 5.91 Å². The molecule has 0 radical (unpaired) electrons. The highest BCUT2D eigenvalue weighted by Gasteiger charge is 2.44. The molecule has 2 aromatic carbocycles. The maximum absolute atomic E-state index is 14.8. The first-order chi connectivity index (χ1) is 20.0. The molecule has 0 saturated carbocycles. The number of pyridine rings is 1. The van der Waals surface area contributed by atoms with Gasteiger partial charge in [-0.25, -0.2) is 26.6 Å². The van der Waals surface area contributed by atoms with Gasteiger partial charge in [-0.15, -0.1) is 0 Å². The van der Waals surface area contributed by atoms with E-state index in [-0.39, 0.29) is 54.3 Å². The van der Waals surface area contributed by atoms with Crippen molar-refractivity contribution in [2.75, 3.05) is 18.0 Å². The largest absolute Gasteiger partial charge is 0.337 e. The summed E-state index contributed by atoms with van der Waals surface area (Å²) in [5.41, 5.74) is 0.985. The van der Waals surface area contributed by atoms with E-state index in [1.165, 1.54) is 29.4 Å². The molecule has 7 nitrogen and oxygen atoms in total. The van der Waals surface area contributed by atoms with Gasteiger partial charge in [0, 0.05) is 49.2 Å². The summed E-state index contributed by atoms with van der Waals surface area (Å²) in [5.74, 6) is -8.03. The number of fused-ring (bicyclic) bond motifs is 1. The summed E-state index contributed by atoms with van der Waals surface area (Å²) in [6, 6.07) is 8.26. The minimum atomic E-state index is -1.63. The second-order valence-corrected chi connectivity index (χ2v) is 10.8. The fraction of sp³-hybridized carbons (Fsp3) is 0.267. The van der Waals surface area contributed by atoms with E-state index < -0.39 is 41.0 Å². The lowest BCUT2D eigenvalue weighted by Crippen LogP contribution is -2.57. The van der Waals surface area contributed by atoms with Crippen LogP contribution in [0.3, 0.4) is 0 Å². The number of hydrogen-bond acceptors (Lipinski definition) is 4. The van der Waals surface area contributed by atoms with Gasteiger partial charge in [0.25, 0.3) is 5.91 Å². The molecule has 2 aliphatic heterocycles. The van der Waals surface area contributed by atoms with E-state index in [9.17, 15) is 31.5 Å². The van der Waals surface area contributed by atoms with Crippen LogP contribution in [0.5, 0.6) is 0 Å². The Labute approximate surface area is 237 Å². The predicted molar refractivity (Wildman–Crippen MR) is 142 cm³/mol. The topological polar surface area (TPSA) is 71.3 Å². The number of nitrogens with zero attached hydrogens (tertiary/aromatic N) is 5. The number of amides is 2. The summed E-state index contributed by atoms with van der Waals surface area (Å²) in [6.07, 6.45) is 2.98. The quantitative estimate of drug-likeness (QED) is 0.242. The number of likely N-dealkylation sites (tertiary alicyclic amines) is 1. The summed E-state index contributed by atoms with van der Waals surface area (Å²) < 4.78 is 72.0. The Kier molecular flexibility index (Phi) is 6.78. The van der Waals surface area contributed by atoms with E-state index in [2.05, 4.69) is 10.1 Å². The Balaban J connectivity index is 1.32. The normalized spacial score (nSPS) is 20.3. The van der Waals surface area contributed by atoms with E-state index >= 15 is 0 Å².